The number of benzene rings is 2. The SMILES string of the molecule is [B]C(O)(C(C(=O)NC)N1Cc2c(NCc3c(O)c(CN4CCOCC4)c(O)c(O)c3F)cccc2C1=O)C(O)(O)C=O. The fourth-order valence-corrected chi connectivity index (χ4v) is 5.01. The van der Waals surface area contributed by atoms with Crippen LogP contribution in [0.5, 0.6) is 17.2 Å². The molecule has 2 radical (unpaired) electrons. The highest BCUT2D eigenvalue weighted by Crippen LogP contribution is 2.43. The van der Waals surface area contributed by atoms with Crippen molar-refractivity contribution in [2.45, 2.75) is 37.0 Å². The number of nitrogens with zero attached hydrogens (tertiary/aromatic N) is 2. The molecule has 16 heteroatoms. The summed E-state index contributed by atoms with van der Waals surface area (Å²) >= 11 is 0. The summed E-state index contributed by atoms with van der Waals surface area (Å²) in [4.78, 5) is 39.8. The molecule has 0 saturated carbocycles. The summed E-state index contributed by atoms with van der Waals surface area (Å²) in [5, 5.41) is 67.2. The lowest BCUT2D eigenvalue weighted by atomic mass is 9.68. The van der Waals surface area contributed by atoms with Crippen LogP contribution >= 0.6 is 0 Å². The number of likely N-dealkylation sites (N-methyl/N-ethyl adjacent to an activating group) is 1. The summed E-state index contributed by atoms with van der Waals surface area (Å²) in [5.41, 5.74) is -3.33. The zero-order chi connectivity index (χ0) is 31.0. The van der Waals surface area contributed by atoms with E-state index in [9.17, 15) is 45.0 Å². The summed E-state index contributed by atoms with van der Waals surface area (Å²) < 4.78 is 20.3. The van der Waals surface area contributed by atoms with Crippen molar-refractivity contribution in [1.82, 2.24) is 15.1 Å². The van der Waals surface area contributed by atoms with Gasteiger partial charge in [0.2, 0.25) is 11.7 Å². The van der Waals surface area contributed by atoms with Crippen LogP contribution in [0.15, 0.2) is 18.2 Å². The van der Waals surface area contributed by atoms with Crippen LogP contribution in [-0.4, -0.2) is 117 Å². The minimum atomic E-state index is -3.62. The van der Waals surface area contributed by atoms with Gasteiger partial charge in [0.05, 0.1) is 24.3 Å². The van der Waals surface area contributed by atoms with E-state index in [1.54, 1.807) is 0 Å². The van der Waals surface area contributed by atoms with Crippen LogP contribution in [0.25, 0.3) is 0 Å². The zero-order valence-corrected chi connectivity index (χ0v) is 22.5. The third-order valence-electron chi connectivity index (χ3n) is 7.47. The normalized spacial score (nSPS) is 17.8. The van der Waals surface area contributed by atoms with E-state index >= 15 is 4.39 Å². The molecule has 2 unspecified atom stereocenters. The maximum Gasteiger partial charge on any atom is 0.255 e. The van der Waals surface area contributed by atoms with Gasteiger partial charge in [0.25, 0.3) is 5.91 Å². The van der Waals surface area contributed by atoms with Crippen LogP contribution in [0, 0.1) is 5.82 Å². The molecular formula is C26H30BFN4O10. The Morgan fingerprint density at radius 3 is 2.43 bits per heavy atom. The third-order valence-corrected chi connectivity index (χ3v) is 7.47. The molecule has 8 N–H and O–H groups in total. The van der Waals surface area contributed by atoms with Crippen molar-refractivity contribution in [2.75, 3.05) is 38.7 Å². The lowest BCUT2D eigenvalue weighted by Gasteiger charge is -2.42. The Morgan fingerprint density at radius 2 is 1.81 bits per heavy atom. The average molecular weight is 588 g/mol. The Kier molecular flexibility index (Phi) is 8.66. The van der Waals surface area contributed by atoms with E-state index in [0.29, 0.717) is 26.3 Å². The number of halogens is 1. The average Bonchev–Trinajstić information content (AvgIpc) is 3.30. The predicted octanol–water partition coefficient (Wildman–Crippen LogP) is -1.81. The number of amides is 2. The quantitative estimate of drug-likeness (QED) is 0.0508. The van der Waals surface area contributed by atoms with Crippen molar-refractivity contribution in [1.29, 1.82) is 0 Å². The molecule has 1 fully saturated rings. The molecule has 2 heterocycles. The molecule has 2 aliphatic rings. The van der Waals surface area contributed by atoms with E-state index in [1.165, 1.54) is 18.2 Å². The Hall–Kier alpha value is -3.96. The molecule has 2 aromatic carbocycles. The van der Waals surface area contributed by atoms with Gasteiger partial charge in [-0.15, -0.1) is 0 Å². The van der Waals surface area contributed by atoms with Gasteiger partial charge in [0.1, 0.15) is 25.1 Å². The second-order valence-corrected chi connectivity index (χ2v) is 10.0. The van der Waals surface area contributed by atoms with Crippen LogP contribution in [0.4, 0.5) is 10.1 Å². The smallest absolute Gasteiger partial charge is 0.255 e. The van der Waals surface area contributed by atoms with Crippen molar-refractivity contribution in [3.63, 3.8) is 0 Å². The van der Waals surface area contributed by atoms with Crippen LogP contribution < -0.4 is 10.6 Å². The molecule has 4 rings (SSSR count). The van der Waals surface area contributed by atoms with Crippen LogP contribution in [0.1, 0.15) is 27.0 Å². The Bertz CT molecular complexity index is 1400. The number of carbonyl (C=O) groups is 3. The van der Waals surface area contributed by atoms with Gasteiger partial charge in [-0.25, -0.2) is 4.39 Å². The van der Waals surface area contributed by atoms with Crippen molar-refractivity contribution < 1.29 is 54.2 Å². The number of carbonyl (C=O) groups excluding carboxylic acids is 3. The molecule has 1 saturated heterocycles. The lowest BCUT2D eigenvalue weighted by Crippen LogP contribution is -2.70. The number of aldehydes is 1. The monoisotopic (exact) mass is 588 g/mol. The van der Waals surface area contributed by atoms with E-state index in [2.05, 4.69) is 10.6 Å². The number of phenols is 3. The number of aliphatic hydroxyl groups is 3. The van der Waals surface area contributed by atoms with Gasteiger partial charge in [0.15, 0.2) is 23.6 Å². The second kappa shape index (κ2) is 11.7. The number of rotatable bonds is 10. The van der Waals surface area contributed by atoms with Gasteiger partial charge in [-0.3, -0.25) is 19.3 Å². The molecule has 2 atom stereocenters. The molecule has 2 amide bonds. The number of ether oxygens (including phenoxy) is 1. The van der Waals surface area contributed by atoms with Crippen molar-refractivity contribution >= 4 is 31.6 Å². The largest absolute Gasteiger partial charge is 0.507 e. The topological polar surface area (TPSA) is 212 Å². The van der Waals surface area contributed by atoms with E-state index in [1.807, 2.05) is 4.90 Å². The maximum absolute atomic E-state index is 15.0. The number of hydrogen-bond acceptors (Lipinski definition) is 12. The molecule has 0 aromatic heterocycles. The molecule has 14 nitrogen and oxygen atoms in total. The van der Waals surface area contributed by atoms with E-state index in [4.69, 9.17) is 12.6 Å². The molecule has 42 heavy (non-hydrogen) atoms. The first kappa shape index (κ1) is 31.0. The van der Waals surface area contributed by atoms with Crippen molar-refractivity contribution in [3.8, 4) is 17.2 Å². The first-order chi connectivity index (χ1) is 19.8. The molecule has 0 bridgehead atoms. The fraction of sp³-hybridized carbons (Fsp3) is 0.423. The standard InChI is InChI=1S/C26H30BFN4O10/c1-29-23(37)22(26(27,41)25(39,40)12-33)32-11-15-13(24(32)38)3-2-4-17(15)30-9-14-18(28)21(36)20(35)16(19(14)34)10-31-5-7-42-8-6-31/h2-4,12,22,30,34-36,39-41H,5-11H2,1H3,(H,29,37). The van der Waals surface area contributed by atoms with Gasteiger partial charge < -0.3 is 50.9 Å². The summed E-state index contributed by atoms with van der Waals surface area (Å²) in [7, 11) is 6.79. The number of anilines is 1. The summed E-state index contributed by atoms with van der Waals surface area (Å²) in [6.07, 6.45) is -0.481. The molecule has 2 aliphatic heterocycles. The van der Waals surface area contributed by atoms with Crippen LogP contribution in [0.2, 0.25) is 0 Å². The van der Waals surface area contributed by atoms with Gasteiger partial charge in [0, 0.05) is 56.6 Å². The highest BCUT2D eigenvalue weighted by molar-refractivity contribution is 6.20. The number of aromatic hydroxyl groups is 3. The Morgan fingerprint density at radius 1 is 1.14 bits per heavy atom. The van der Waals surface area contributed by atoms with Crippen LogP contribution in [-0.2, 0) is 34.0 Å². The maximum atomic E-state index is 15.0. The predicted molar refractivity (Wildman–Crippen MR) is 143 cm³/mol. The van der Waals surface area contributed by atoms with E-state index in [-0.39, 0.29) is 34.5 Å². The number of fused-ring (bicyclic) bond motifs is 1. The second-order valence-electron chi connectivity index (χ2n) is 10.0. The Balaban J connectivity index is 1.64. The van der Waals surface area contributed by atoms with E-state index in [0.717, 1.165) is 11.9 Å². The Labute approximate surface area is 240 Å². The van der Waals surface area contributed by atoms with Gasteiger partial charge in [-0.05, 0) is 12.1 Å². The summed E-state index contributed by atoms with van der Waals surface area (Å²) in [6.45, 7) is 0.990. The van der Waals surface area contributed by atoms with Crippen LogP contribution in [0.3, 0.4) is 0 Å². The molecular weight excluding hydrogens is 558 g/mol. The first-order valence-corrected chi connectivity index (χ1v) is 12.8. The summed E-state index contributed by atoms with van der Waals surface area (Å²) in [6, 6.07) is 2.19. The number of nitrogens with one attached hydrogen (secondary N) is 2. The number of hydrogen-bond donors (Lipinski definition) is 8. The lowest BCUT2D eigenvalue weighted by molar-refractivity contribution is -0.234. The number of morpholine rings is 1. The highest BCUT2D eigenvalue weighted by atomic mass is 19.1. The molecule has 0 aliphatic carbocycles. The minimum Gasteiger partial charge on any atom is -0.507 e. The van der Waals surface area contributed by atoms with Crippen molar-refractivity contribution in [2.24, 2.45) is 0 Å². The minimum absolute atomic E-state index is 0.00688. The fourth-order valence-electron chi connectivity index (χ4n) is 5.01. The third kappa shape index (κ3) is 5.34. The molecule has 224 valence electrons. The van der Waals surface area contributed by atoms with Crippen molar-refractivity contribution in [3.05, 3.63) is 46.3 Å². The van der Waals surface area contributed by atoms with E-state index < -0.39 is 71.6 Å². The zero-order valence-electron chi connectivity index (χ0n) is 22.5. The number of phenolic OH excluding ortho intramolecular Hbond substituents is 3. The molecule has 2 aromatic rings. The highest BCUT2D eigenvalue weighted by Gasteiger charge is 2.56. The van der Waals surface area contributed by atoms with Gasteiger partial charge >= 0.3 is 0 Å². The van der Waals surface area contributed by atoms with Gasteiger partial charge in [-0.1, -0.05) is 6.07 Å². The van der Waals surface area contributed by atoms with Gasteiger partial charge in [-0.2, -0.15) is 0 Å². The first-order valence-electron chi connectivity index (χ1n) is 12.8. The molecule has 0 spiro atoms. The summed E-state index contributed by atoms with van der Waals surface area (Å²) in [5.74, 6) is -9.27.